The van der Waals surface area contributed by atoms with Gasteiger partial charge < -0.3 is 9.84 Å². The van der Waals surface area contributed by atoms with Crippen LogP contribution in [0.1, 0.15) is 10.4 Å². The number of carboxylic acids is 1. The van der Waals surface area contributed by atoms with Gasteiger partial charge in [0.15, 0.2) is 0 Å². The second kappa shape index (κ2) is 4.61. The van der Waals surface area contributed by atoms with Gasteiger partial charge >= 0.3 is 5.97 Å². The SMILES string of the molecule is COc1cnccc1-c1ncccc1C(=O)O. The van der Waals surface area contributed by atoms with Gasteiger partial charge in [-0.1, -0.05) is 0 Å². The van der Waals surface area contributed by atoms with Crippen molar-refractivity contribution in [2.75, 3.05) is 7.11 Å². The van der Waals surface area contributed by atoms with E-state index in [-0.39, 0.29) is 5.56 Å². The lowest BCUT2D eigenvalue weighted by atomic mass is 10.1. The third kappa shape index (κ3) is 2.08. The van der Waals surface area contributed by atoms with E-state index in [2.05, 4.69) is 9.97 Å². The first-order valence-electron chi connectivity index (χ1n) is 4.90. The summed E-state index contributed by atoms with van der Waals surface area (Å²) in [5, 5.41) is 9.09. The molecule has 0 bridgehead atoms. The number of carbonyl (C=O) groups is 1. The molecule has 2 aromatic heterocycles. The second-order valence-corrected chi connectivity index (χ2v) is 3.28. The smallest absolute Gasteiger partial charge is 0.337 e. The van der Waals surface area contributed by atoms with E-state index in [9.17, 15) is 4.79 Å². The first-order chi connectivity index (χ1) is 8.24. The molecule has 5 heteroatoms. The summed E-state index contributed by atoms with van der Waals surface area (Å²) in [5.41, 5.74) is 1.12. The molecule has 2 aromatic rings. The summed E-state index contributed by atoms with van der Waals surface area (Å²) in [6.45, 7) is 0. The van der Waals surface area contributed by atoms with Crippen LogP contribution in [-0.2, 0) is 0 Å². The van der Waals surface area contributed by atoms with Crippen LogP contribution in [0.15, 0.2) is 36.8 Å². The summed E-state index contributed by atoms with van der Waals surface area (Å²) in [6, 6.07) is 4.76. The van der Waals surface area contributed by atoms with Gasteiger partial charge in [0.2, 0.25) is 0 Å². The maximum Gasteiger partial charge on any atom is 0.337 e. The molecule has 0 unspecified atom stereocenters. The molecule has 0 saturated heterocycles. The van der Waals surface area contributed by atoms with Gasteiger partial charge in [-0.3, -0.25) is 9.97 Å². The van der Waals surface area contributed by atoms with Gasteiger partial charge in [0.1, 0.15) is 5.75 Å². The highest BCUT2D eigenvalue weighted by Crippen LogP contribution is 2.29. The highest BCUT2D eigenvalue weighted by atomic mass is 16.5. The Bertz CT molecular complexity index is 555. The average molecular weight is 230 g/mol. The van der Waals surface area contributed by atoms with E-state index in [1.54, 1.807) is 24.5 Å². The zero-order valence-electron chi connectivity index (χ0n) is 9.12. The van der Waals surface area contributed by atoms with Crippen LogP contribution in [0.4, 0.5) is 0 Å². The van der Waals surface area contributed by atoms with Crippen molar-refractivity contribution in [2.24, 2.45) is 0 Å². The van der Waals surface area contributed by atoms with E-state index in [1.165, 1.54) is 19.4 Å². The predicted molar refractivity (Wildman–Crippen MR) is 61.0 cm³/mol. The number of methoxy groups -OCH3 is 1. The zero-order valence-corrected chi connectivity index (χ0v) is 9.12. The van der Waals surface area contributed by atoms with Crippen molar-refractivity contribution in [3.8, 4) is 17.0 Å². The van der Waals surface area contributed by atoms with Crippen LogP contribution in [-0.4, -0.2) is 28.2 Å². The third-order valence-electron chi connectivity index (χ3n) is 2.30. The Morgan fingerprint density at radius 2 is 2.18 bits per heavy atom. The van der Waals surface area contributed by atoms with Crippen LogP contribution in [0.25, 0.3) is 11.3 Å². The average Bonchev–Trinajstić information content (AvgIpc) is 2.38. The second-order valence-electron chi connectivity index (χ2n) is 3.28. The summed E-state index contributed by atoms with van der Waals surface area (Å²) >= 11 is 0. The molecule has 0 amide bonds. The maximum atomic E-state index is 11.1. The van der Waals surface area contributed by atoms with Crippen molar-refractivity contribution in [2.45, 2.75) is 0 Å². The molecule has 2 rings (SSSR count). The fourth-order valence-corrected chi connectivity index (χ4v) is 1.53. The van der Waals surface area contributed by atoms with Crippen molar-refractivity contribution in [1.82, 2.24) is 9.97 Å². The summed E-state index contributed by atoms with van der Waals surface area (Å²) < 4.78 is 5.14. The molecular weight excluding hydrogens is 220 g/mol. The highest BCUT2D eigenvalue weighted by molar-refractivity contribution is 5.95. The van der Waals surface area contributed by atoms with Gasteiger partial charge in [0, 0.05) is 18.0 Å². The molecule has 0 spiro atoms. The largest absolute Gasteiger partial charge is 0.494 e. The number of ether oxygens (including phenoxy) is 1. The molecule has 0 atom stereocenters. The molecule has 1 N–H and O–H groups in total. The molecular formula is C12H10N2O3. The minimum Gasteiger partial charge on any atom is -0.494 e. The Morgan fingerprint density at radius 1 is 1.35 bits per heavy atom. The molecule has 0 radical (unpaired) electrons. The fraction of sp³-hybridized carbons (Fsp3) is 0.0833. The van der Waals surface area contributed by atoms with E-state index < -0.39 is 5.97 Å². The van der Waals surface area contributed by atoms with Crippen LogP contribution < -0.4 is 4.74 Å². The molecule has 5 nitrogen and oxygen atoms in total. The van der Waals surface area contributed by atoms with Crippen molar-refractivity contribution in [1.29, 1.82) is 0 Å². The first-order valence-corrected chi connectivity index (χ1v) is 4.90. The van der Waals surface area contributed by atoms with E-state index in [4.69, 9.17) is 9.84 Å². The van der Waals surface area contributed by atoms with E-state index >= 15 is 0 Å². The topological polar surface area (TPSA) is 72.3 Å². The van der Waals surface area contributed by atoms with Gasteiger partial charge in [-0.05, 0) is 18.2 Å². The number of rotatable bonds is 3. The third-order valence-corrected chi connectivity index (χ3v) is 2.30. The number of nitrogens with zero attached hydrogens (tertiary/aromatic N) is 2. The summed E-state index contributed by atoms with van der Waals surface area (Å²) in [5.74, 6) is -0.527. The van der Waals surface area contributed by atoms with Crippen molar-refractivity contribution < 1.29 is 14.6 Å². The first kappa shape index (κ1) is 11.1. The van der Waals surface area contributed by atoms with Crippen molar-refractivity contribution >= 4 is 5.97 Å². The number of aromatic carboxylic acids is 1. The molecule has 0 aromatic carbocycles. The number of hydrogen-bond acceptors (Lipinski definition) is 4. The normalized spacial score (nSPS) is 9.94. The van der Waals surface area contributed by atoms with Gasteiger partial charge in [-0.25, -0.2) is 4.79 Å². The Labute approximate surface area is 97.7 Å². The molecule has 0 aliphatic heterocycles. The Hall–Kier alpha value is -2.43. The Kier molecular flexibility index (Phi) is 3.00. The van der Waals surface area contributed by atoms with Gasteiger partial charge in [-0.15, -0.1) is 0 Å². The number of carboxylic acid groups (broad SMARTS) is 1. The predicted octanol–water partition coefficient (Wildman–Crippen LogP) is 1.85. The molecule has 86 valence electrons. The minimum absolute atomic E-state index is 0.136. The molecule has 0 saturated carbocycles. The molecule has 17 heavy (non-hydrogen) atoms. The lowest BCUT2D eigenvalue weighted by molar-refractivity contribution is 0.0697. The number of aromatic nitrogens is 2. The maximum absolute atomic E-state index is 11.1. The monoisotopic (exact) mass is 230 g/mol. The number of hydrogen-bond donors (Lipinski definition) is 1. The molecule has 0 aliphatic carbocycles. The highest BCUT2D eigenvalue weighted by Gasteiger charge is 2.15. The van der Waals surface area contributed by atoms with Crippen LogP contribution in [0.2, 0.25) is 0 Å². The minimum atomic E-state index is -1.02. The van der Waals surface area contributed by atoms with Crippen LogP contribution in [0.5, 0.6) is 5.75 Å². The summed E-state index contributed by atoms with van der Waals surface area (Å²) in [4.78, 5) is 19.1. The van der Waals surface area contributed by atoms with E-state index in [1.807, 2.05) is 0 Å². The van der Waals surface area contributed by atoms with Crippen LogP contribution in [0, 0.1) is 0 Å². The van der Waals surface area contributed by atoms with Crippen LogP contribution in [0.3, 0.4) is 0 Å². The number of pyridine rings is 2. The fourth-order valence-electron chi connectivity index (χ4n) is 1.53. The van der Waals surface area contributed by atoms with Gasteiger partial charge in [-0.2, -0.15) is 0 Å². The van der Waals surface area contributed by atoms with Crippen molar-refractivity contribution in [3.63, 3.8) is 0 Å². The quantitative estimate of drug-likeness (QED) is 0.871. The molecule has 2 heterocycles. The van der Waals surface area contributed by atoms with Crippen LogP contribution >= 0.6 is 0 Å². The van der Waals surface area contributed by atoms with Gasteiger partial charge in [0.25, 0.3) is 0 Å². The van der Waals surface area contributed by atoms with E-state index in [0.717, 1.165) is 0 Å². The van der Waals surface area contributed by atoms with E-state index in [0.29, 0.717) is 17.0 Å². The molecule has 0 aliphatic rings. The summed E-state index contributed by atoms with van der Waals surface area (Å²) in [6.07, 6.45) is 4.63. The summed E-state index contributed by atoms with van der Waals surface area (Å²) in [7, 11) is 1.50. The Morgan fingerprint density at radius 3 is 2.88 bits per heavy atom. The molecule has 0 fully saturated rings. The standard InChI is InChI=1S/C12H10N2O3/c1-17-10-7-13-6-4-8(10)11-9(12(15)16)3-2-5-14-11/h2-7H,1H3,(H,15,16). The lowest BCUT2D eigenvalue weighted by Crippen LogP contribution is -2.02. The zero-order chi connectivity index (χ0) is 12.3. The Balaban J connectivity index is 2.64. The van der Waals surface area contributed by atoms with Crippen molar-refractivity contribution in [3.05, 3.63) is 42.4 Å². The van der Waals surface area contributed by atoms with Gasteiger partial charge in [0.05, 0.1) is 24.6 Å². The lowest BCUT2D eigenvalue weighted by Gasteiger charge is -2.08.